The van der Waals surface area contributed by atoms with Gasteiger partial charge in [0.25, 0.3) is 0 Å². The van der Waals surface area contributed by atoms with E-state index in [1.807, 2.05) is 0 Å². The van der Waals surface area contributed by atoms with E-state index in [4.69, 9.17) is 0 Å². The molecule has 17 heavy (non-hydrogen) atoms. The molecule has 1 saturated carbocycles. The van der Waals surface area contributed by atoms with Crippen LogP contribution >= 0.6 is 11.8 Å². The largest absolute Gasteiger partial charge is 0.313 e. The number of H-pyrrole nitrogens is 1. The summed E-state index contributed by atoms with van der Waals surface area (Å²) in [7, 11) is 0. The van der Waals surface area contributed by atoms with Crippen molar-refractivity contribution in [3.63, 3.8) is 0 Å². The molecule has 5 heteroatoms. The molecule has 2 rings (SSSR count). The molecule has 0 radical (unpaired) electrons. The first-order chi connectivity index (χ1) is 8.16. The first kappa shape index (κ1) is 12.9. The van der Waals surface area contributed by atoms with Crippen molar-refractivity contribution < 1.29 is 0 Å². The number of hydrogen-bond acceptors (Lipinski definition) is 4. The van der Waals surface area contributed by atoms with Crippen molar-refractivity contribution in [2.75, 3.05) is 12.3 Å². The Labute approximate surface area is 107 Å². The molecule has 0 aromatic carbocycles. The topological polar surface area (TPSA) is 53.6 Å². The van der Waals surface area contributed by atoms with E-state index >= 15 is 0 Å². The summed E-state index contributed by atoms with van der Waals surface area (Å²) in [6, 6.07) is 0.705. The Bertz CT molecular complexity index is 323. The Morgan fingerprint density at radius 3 is 3.18 bits per heavy atom. The van der Waals surface area contributed by atoms with Crippen molar-refractivity contribution in [1.82, 2.24) is 20.7 Å². The van der Waals surface area contributed by atoms with E-state index < -0.39 is 0 Å². The summed E-state index contributed by atoms with van der Waals surface area (Å²) in [5.41, 5.74) is 0.523. The molecule has 0 bridgehead atoms. The molecule has 1 fully saturated rings. The highest BCUT2D eigenvalue weighted by atomic mass is 32.2. The lowest BCUT2D eigenvalue weighted by molar-refractivity contribution is 0.200. The van der Waals surface area contributed by atoms with Crippen LogP contribution in [-0.2, 0) is 0 Å². The van der Waals surface area contributed by atoms with Crippen LogP contribution in [-0.4, -0.2) is 33.8 Å². The molecule has 0 unspecified atom stereocenters. The molecular weight excluding hydrogens is 232 g/mol. The summed E-state index contributed by atoms with van der Waals surface area (Å²) in [5, 5.41) is 15.1. The fourth-order valence-electron chi connectivity index (χ4n) is 2.55. The summed E-state index contributed by atoms with van der Waals surface area (Å²) in [5.74, 6) is 1.06. The highest BCUT2D eigenvalue weighted by Gasteiger charge is 2.27. The number of nitrogens with one attached hydrogen (secondary N) is 2. The highest BCUT2D eigenvalue weighted by molar-refractivity contribution is 7.99. The van der Waals surface area contributed by atoms with Crippen LogP contribution in [0.4, 0.5) is 0 Å². The maximum absolute atomic E-state index is 4.02. The summed E-state index contributed by atoms with van der Waals surface area (Å²) in [6.45, 7) is 5.81. The summed E-state index contributed by atoms with van der Waals surface area (Å²) < 4.78 is 0. The number of hydrogen-bond donors (Lipinski definition) is 2. The lowest BCUT2D eigenvalue weighted by Crippen LogP contribution is -2.38. The normalized spacial score (nSPS) is 23.8. The van der Waals surface area contributed by atoms with Crippen molar-refractivity contribution in [2.24, 2.45) is 5.41 Å². The first-order valence-corrected chi connectivity index (χ1v) is 7.36. The molecule has 0 spiro atoms. The number of nitrogens with zero attached hydrogens (tertiary/aromatic N) is 2. The molecule has 1 heterocycles. The molecule has 1 atom stereocenters. The van der Waals surface area contributed by atoms with Gasteiger partial charge in [-0.25, -0.2) is 0 Å². The highest BCUT2D eigenvalue weighted by Crippen LogP contribution is 2.34. The summed E-state index contributed by atoms with van der Waals surface area (Å²) in [6.07, 6.45) is 7.15. The van der Waals surface area contributed by atoms with Gasteiger partial charge in [-0.2, -0.15) is 10.3 Å². The van der Waals surface area contributed by atoms with Crippen molar-refractivity contribution >= 4 is 11.8 Å². The minimum Gasteiger partial charge on any atom is -0.313 e. The van der Waals surface area contributed by atoms with Gasteiger partial charge >= 0.3 is 0 Å². The minimum absolute atomic E-state index is 0.523. The van der Waals surface area contributed by atoms with Crippen LogP contribution in [0.15, 0.2) is 11.2 Å². The SMILES string of the molecule is CC1(C)CCC[C@@H](NCCSc2cn[nH]n2)C1. The monoisotopic (exact) mass is 254 g/mol. The van der Waals surface area contributed by atoms with E-state index in [0.717, 1.165) is 17.3 Å². The van der Waals surface area contributed by atoms with Crippen LogP contribution in [0, 0.1) is 5.41 Å². The zero-order chi connectivity index (χ0) is 12.1. The standard InChI is InChI=1S/C12H22N4S/c1-12(2)5-3-4-10(8-12)13-6-7-17-11-9-14-16-15-11/h9-10,13H,3-8H2,1-2H3,(H,14,15,16)/t10-/m1/s1. The zero-order valence-electron chi connectivity index (χ0n) is 10.7. The number of aromatic nitrogens is 3. The lowest BCUT2D eigenvalue weighted by Gasteiger charge is -2.35. The van der Waals surface area contributed by atoms with Gasteiger partial charge in [0.1, 0.15) is 5.03 Å². The average Bonchev–Trinajstić information content (AvgIpc) is 2.76. The predicted molar refractivity (Wildman–Crippen MR) is 71.1 cm³/mol. The number of rotatable bonds is 5. The number of aromatic amines is 1. The van der Waals surface area contributed by atoms with E-state index in [-0.39, 0.29) is 0 Å². The van der Waals surface area contributed by atoms with Gasteiger partial charge in [-0.1, -0.05) is 20.3 Å². The van der Waals surface area contributed by atoms with Crippen molar-refractivity contribution in [2.45, 2.75) is 50.6 Å². The molecular formula is C12H22N4S. The third-order valence-electron chi connectivity index (χ3n) is 3.38. The van der Waals surface area contributed by atoms with Crippen LogP contribution in [0.2, 0.25) is 0 Å². The van der Waals surface area contributed by atoms with E-state index in [1.165, 1.54) is 25.7 Å². The minimum atomic E-state index is 0.523. The smallest absolute Gasteiger partial charge is 0.138 e. The Morgan fingerprint density at radius 1 is 1.59 bits per heavy atom. The summed E-state index contributed by atoms with van der Waals surface area (Å²) in [4.78, 5) is 0. The number of thioether (sulfide) groups is 1. The second-order valence-electron chi connectivity index (χ2n) is 5.57. The quantitative estimate of drug-likeness (QED) is 0.626. The fraction of sp³-hybridized carbons (Fsp3) is 0.833. The third-order valence-corrected chi connectivity index (χ3v) is 4.28. The van der Waals surface area contributed by atoms with Crippen LogP contribution in [0.1, 0.15) is 39.5 Å². The van der Waals surface area contributed by atoms with Gasteiger partial charge in [0, 0.05) is 18.3 Å². The van der Waals surface area contributed by atoms with Crippen LogP contribution in [0.25, 0.3) is 0 Å². The lowest BCUT2D eigenvalue weighted by atomic mass is 9.75. The first-order valence-electron chi connectivity index (χ1n) is 6.38. The predicted octanol–water partition coefficient (Wildman–Crippen LogP) is 2.46. The third kappa shape index (κ3) is 4.32. The molecule has 1 aliphatic rings. The van der Waals surface area contributed by atoms with E-state index in [0.29, 0.717) is 11.5 Å². The fourth-order valence-corrected chi connectivity index (χ4v) is 3.21. The molecule has 4 nitrogen and oxygen atoms in total. The van der Waals surface area contributed by atoms with E-state index in [1.54, 1.807) is 18.0 Å². The molecule has 0 aliphatic heterocycles. The van der Waals surface area contributed by atoms with Crippen LogP contribution < -0.4 is 5.32 Å². The molecule has 0 amide bonds. The summed E-state index contributed by atoms with van der Waals surface area (Å²) >= 11 is 1.75. The van der Waals surface area contributed by atoms with Crippen LogP contribution in [0.3, 0.4) is 0 Å². The van der Waals surface area contributed by atoms with Gasteiger partial charge in [-0.05, 0) is 24.7 Å². The van der Waals surface area contributed by atoms with Gasteiger partial charge in [0.05, 0.1) is 6.20 Å². The second-order valence-corrected chi connectivity index (χ2v) is 6.68. The van der Waals surface area contributed by atoms with Crippen molar-refractivity contribution in [3.8, 4) is 0 Å². The molecule has 1 aliphatic carbocycles. The molecule has 1 aromatic heterocycles. The molecule has 1 aromatic rings. The zero-order valence-corrected chi connectivity index (χ0v) is 11.5. The van der Waals surface area contributed by atoms with Gasteiger partial charge < -0.3 is 5.32 Å². The van der Waals surface area contributed by atoms with Gasteiger partial charge in [0.15, 0.2) is 0 Å². The van der Waals surface area contributed by atoms with E-state index in [2.05, 4.69) is 34.6 Å². The molecule has 96 valence electrons. The van der Waals surface area contributed by atoms with E-state index in [9.17, 15) is 0 Å². The molecule has 2 N–H and O–H groups in total. The maximum atomic E-state index is 4.02. The van der Waals surface area contributed by atoms with Gasteiger partial charge in [-0.15, -0.1) is 16.9 Å². The second kappa shape index (κ2) is 5.87. The van der Waals surface area contributed by atoms with Crippen LogP contribution in [0.5, 0.6) is 0 Å². The Morgan fingerprint density at radius 2 is 2.47 bits per heavy atom. The van der Waals surface area contributed by atoms with Gasteiger partial charge in [0.2, 0.25) is 0 Å². The van der Waals surface area contributed by atoms with Crippen molar-refractivity contribution in [1.29, 1.82) is 0 Å². The Kier molecular flexibility index (Phi) is 4.45. The Balaban J connectivity index is 1.62. The van der Waals surface area contributed by atoms with Crippen molar-refractivity contribution in [3.05, 3.63) is 6.20 Å². The van der Waals surface area contributed by atoms with Gasteiger partial charge in [-0.3, -0.25) is 0 Å². The Hall–Kier alpha value is -0.550. The average molecular weight is 254 g/mol. The molecule has 0 saturated heterocycles. The maximum Gasteiger partial charge on any atom is 0.138 e.